The molecular formula is C16H24N2O2S. The van der Waals surface area contributed by atoms with Crippen molar-refractivity contribution in [3.8, 4) is 5.75 Å². The van der Waals surface area contributed by atoms with Gasteiger partial charge in [0.25, 0.3) is 5.91 Å². The molecule has 1 saturated heterocycles. The molecule has 1 amide bonds. The maximum absolute atomic E-state index is 12.4. The van der Waals surface area contributed by atoms with Crippen molar-refractivity contribution in [1.82, 2.24) is 10.2 Å². The summed E-state index contributed by atoms with van der Waals surface area (Å²) in [7, 11) is 1.98. The van der Waals surface area contributed by atoms with Crippen molar-refractivity contribution in [2.24, 2.45) is 0 Å². The van der Waals surface area contributed by atoms with Crippen LogP contribution >= 0.6 is 11.8 Å². The highest BCUT2D eigenvalue weighted by atomic mass is 32.2. The van der Waals surface area contributed by atoms with Gasteiger partial charge in [0.05, 0.1) is 0 Å². The zero-order chi connectivity index (χ0) is 15.2. The van der Waals surface area contributed by atoms with Crippen LogP contribution in [-0.4, -0.2) is 49.3 Å². The average molecular weight is 308 g/mol. The third-order valence-corrected chi connectivity index (χ3v) is 4.68. The molecule has 1 N–H and O–H groups in total. The standard InChI is InChI=1S/C16H24N2O2S/c1-12(20-14-4-6-15(21-3)7-5-14)16(19)18-10-8-13(17-2)9-11-18/h4-7,12-13,17H,8-11H2,1-3H3. The highest BCUT2D eigenvalue weighted by Gasteiger charge is 2.26. The Balaban J connectivity index is 1.87. The predicted molar refractivity (Wildman–Crippen MR) is 87.0 cm³/mol. The van der Waals surface area contributed by atoms with Crippen LogP contribution in [0.5, 0.6) is 5.75 Å². The van der Waals surface area contributed by atoms with Gasteiger partial charge >= 0.3 is 0 Å². The summed E-state index contributed by atoms with van der Waals surface area (Å²) in [6, 6.07) is 8.39. The molecule has 2 rings (SSSR count). The molecule has 1 fully saturated rings. The lowest BCUT2D eigenvalue weighted by molar-refractivity contribution is -0.139. The molecule has 1 unspecified atom stereocenters. The van der Waals surface area contributed by atoms with E-state index in [2.05, 4.69) is 5.32 Å². The van der Waals surface area contributed by atoms with Crippen molar-refractivity contribution in [3.05, 3.63) is 24.3 Å². The van der Waals surface area contributed by atoms with Gasteiger partial charge in [-0.2, -0.15) is 0 Å². The normalized spacial score (nSPS) is 17.6. The molecule has 1 aromatic rings. The van der Waals surface area contributed by atoms with Gasteiger partial charge in [0.2, 0.25) is 0 Å². The molecule has 116 valence electrons. The summed E-state index contributed by atoms with van der Waals surface area (Å²) in [6.07, 6.45) is 3.63. The molecule has 4 nitrogen and oxygen atoms in total. The van der Waals surface area contributed by atoms with Crippen LogP contribution in [0.2, 0.25) is 0 Å². The number of nitrogens with one attached hydrogen (secondary N) is 1. The summed E-state index contributed by atoms with van der Waals surface area (Å²) in [5, 5.41) is 3.27. The number of carbonyl (C=O) groups is 1. The Morgan fingerprint density at radius 3 is 2.48 bits per heavy atom. The summed E-state index contributed by atoms with van der Waals surface area (Å²) in [6.45, 7) is 3.45. The van der Waals surface area contributed by atoms with E-state index in [1.165, 1.54) is 4.90 Å². The number of ether oxygens (including phenoxy) is 1. The second-order valence-corrected chi connectivity index (χ2v) is 6.20. The first-order valence-electron chi connectivity index (χ1n) is 7.40. The number of nitrogens with zero attached hydrogens (tertiary/aromatic N) is 1. The maximum Gasteiger partial charge on any atom is 0.263 e. The van der Waals surface area contributed by atoms with Crippen LogP contribution in [0, 0.1) is 0 Å². The first-order chi connectivity index (χ1) is 10.1. The van der Waals surface area contributed by atoms with Gasteiger partial charge in [0.15, 0.2) is 6.10 Å². The van der Waals surface area contributed by atoms with E-state index in [4.69, 9.17) is 4.74 Å². The first-order valence-corrected chi connectivity index (χ1v) is 8.63. The van der Waals surface area contributed by atoms with E-state index in [1.54, 1.807) is 11.8 Å². The lowest BCUT2D eigenvalue weighted by atomic mass is 10.0. The van der Waals surface area contributed by atoms with Crippen LogP contribution in [0.3, 0.4) is 0 Å². The predicted octanol–water partition coefficient (Wildman–Crippen LogP) is 2.39. The summed E-state index contributed by atoms with van der Waals surface area (Å²) in [4.78, 5) is 15.5. The van der Waals surface area contributed by atoms with E-state index in [0.29, 0.717) is 6.04 Å². The molecule has 21 heavy (non-hydrogen) atoms. The molecule has 0 aromatic heterocycles. The van der Waals surface area contributed by atoms with E-state index in [0.717, 1.165) is 31.7 Å². The van der Waals surface area contributed by atoms with E-state index < -0.39 is 6.10 Å². The number of hydrogen-bond donors (Lipinski definition) is 1. The summed E-state index contributed by atoms with van der Waals surface area (Å²) in [5.41, 5.74) is 0. The van der Waals surface area contributed by atoms with Gasteiger partial charge in [0.1, 0.15) is 5.75 Å². The van der Waals surface area contributed by atoms with Gasteiger partial charge in [-0.05, 0) is 57.3 Å². The van der Waals surface area contributed by atoms with E-state index >= 15 is 0 Å². The topological polar surface area (TPSA) is 41.6 Å². The SMILES string of the molecule is CNC1CCN(C(=O)C(C)Oc2ccc(SC)cc2)CC1. The molecule has 0 radical (unpaired) electrons. The van der Waals surface area contributed by atoms with Crippen LogP contribution < -0.4 is 10.1 Å². The van der Waals surface area contributed by atoms with Crippen LogP contribution in [0.4, 0.5) is 0 Å². The number of piperidine rings is 1. The van der Waals surface area contributed by atoms with Crippen molar-refractivity contribution in [3.63, 3.8) is 0 Å². The van der Waals surface area contributed by atoms with E-state index in [9.17, 15) is 4.79 Å². The zero-order valence-corrected chi connectivity index (χ0v) is 13.8. The molecule has 1 aliphatic rings. The average Bonchev–Trinajstić information content (AvgIpc) is 2.55. The fraction of sp³-hybridized carbons (Fsp3) is 0.562. The molecular weight excluding hydrogens is 284 g/mol. The molecule has 0 bridgehead atoms. The van der Waals surface area contributed by atoms with Crippen LogP contribution in [0.25, 0.3) is 0 Å². The molecule has 1 heterocycles. The number of thioether (sulfide) groups is 1. The first kappa shape index (κ1) is 16.2. The number of hydrogen-bond acceptors (Lipinski definition) is 4. The number of amides is 1. The van der Waals surface area contributed by atoms with Crippen LogP contribution in [-0.2, 0) is 4.79 Å². The molecule has 0 saturated carbocycles. The summed E-state index contributed by atoms with van der Waals surface area (Å²) >= 11 is 1.69. The molecule has 1 atom stereocenters. The van der Waals surface area contributed by atoms with E-state index in [-0.39, 0.29) is 5.91 Å². The highest BCUT2D eigenvalue weighted by Crippen LogP contribution is 2.20. The lowest BCUT2D eigenvalue weighted by Crippen LogP contribution is -2.48. The van der Waals surface area contributed by atoms with E-state index in [1.807, 2.05) is 49.4 Å². The van der Waals surface area contributed by atoms with Crippen molar-refractivity contribution >= 4 is 17.7 Å². The number of rotatable bonds is 5. The monoisotopic (exact) mass is 308 g/mol. The quantitative estimate of drug-likeness (QED) is 0.848. The minimum atomic E-state index is -0.434. The molecule has 5 heteroatoms. The third-order valence-electron chi connectivity index (χ3n) is 3.93. The molecule has 0 spiro atoms. The van der Waals surface area contributed by atoms with Crippen LogP contribution in [0.15, 0.2) is 29.2 Å². The Hall–Kier alpha value is -1.20. The fourth-order valence-electron chi connectivity index (χ4n) is 2.55. The van der Waals surface area contributed by atoms with Crippen molar-refractivity contribution in [1.29, 1.82) is 0 Å². The Bertz CT molecular complexity index is 456. The fourth-order valence-corrected chi connectivity index (χ4v) is 2.96. The van der Waals surface area contributed by atoms with Gasteiger partial charge in [-0.25, -0.2) is 0 Å². The Labute approximate surface area is 131 Å². The Morgan fingerprint density at radius 2 is 1.95 bits per heavy atom. The van der Waals surface area contributed by atoms with Gasteiger partial charge in [0, 0.05) is 24.0 Å². The lowest BCUT2D eigenvalue weighted by Gasteiger charge is -2.33. The minimum absolute atomic E-state index is 0.0819. The Morgan fingerprint density at radius 1 is 1.33 bits per heavy atom. The second-order valence-electron chi connectivity index (χ2n) is 5.32. The molecule has 1 aliphatic heterocycles. The largest absolute Gasteiger partial charge is 0.481 e. The van der Waals surface area contributed by atoms with Crippen molar-refractivity contribution < 1.29 is 9.53 Å². The smallest absolute Gasteiger partial charge is 0.263 e. The van der Waals surface area contributed by atoms with Gasteiger partial charge in [-0.3, -0.25) is 4.79 Å². The van der Waals surface area contributed by atoms with Gasteiger partial charge in [-0.15, -0.1) is 11.8 Å². The number of carbonyl (C=O) groups excluding carboxylic acids is 1. The molecule has 1 aromatic carbocycles. The Kier molecular flexibility index (Phi) is 5.94. The zero-order valence-electron chi connectivity index (χ0n) is 13.0. The van der Waals surface area contributed by atoms with Crippen molar-refractivity contribution in [2.45, 2.75) is 36.8 Å². The van der Waals surface area contributed by atoms with Crippen molar-refractivity contribution in [2.75, 3.05) is 26.4 Å². The molecule has 0 aliphatic carbocycles. The van der Waals surface area contributed by atoms with Gasteiger partial charge in [-0.1, -0.05) is 0 Å². The summed E-state index contributed by atoms with van der Waals surface area (Å²) in [5.74, 6) is 0.831. The number of benzene rings is 1. The van der Waals surface area contributed by atoms with Crippen LogP contribution in [0.1, 0.15) is 19.8 Å². The number of likely N-dealkylation sites (tertiary alicyclic amines) is 1. The second kappa shape index (κ2) is 7.71. The van der Waals surface area contributed by atoms with Gasteiger partial charge < -0.3 is 15.0 Å². The summed E-state index contributed by atoms with van der Waals surface area (Å²) < 4.78 is 5.77. The third kappa shape index (κ3) is 4.38. The maximum atomic E-state index is 12.4. The minimum Gasteiger partial charge on any atom is -0.481 e. The highest BCUT2D eigenvalue weighted by molar-refractivity contribution is 7.98.